The molecule has 1 fully saturated rings. The third-order valence-electron chi connectivity index (χ3n) is 4.30. The molecule has 1 heterocycles. The van der Waals surface area contributed by atoms with Gasteiger partial charge in [-0.3, -0.25) is 4.90 Å². The maximum absolute atomic E-state index is 9.23. The fraction of sp³-hybridized carbons (Fsp3) is 0.647. The maximum atomic E-state index is 9.23. The molecule has 2 unspecified atom stereocenters. The molecule has 1 aromatic rings. The quantitative estimate of drug-likeness (QED) is 0.764. The number of benzene rings is 1. The minimum atomic E-state index is 0.256. The Hall–Kier alpha value is -0.900. The van der Waals surface area contributed by atoms with Crippen LogP contribution in [0.4, 0.5) is 0 Å². The zero-order valence-corrected chi connectivity index (χ0v) is 12.6. The highest BCUT2D eigenvalue weighted by atomic mass is 16.3. The van der Waals surface area contributed by atoms with Gasteiger partial charge >= 0.3 is 0 Å². The molecular formula is C17H28N2O. The first-order valence-corrected chi connectivity index (χ1v) is 7.91. The van der Waals surface area contributed by atoms with Gasteiger partial charge in [0.2, 0.25) is 0 Å². The van der Waals surface area contributed by atoms with Crippen LogP contribution >= 0.6 is 0 Å². The van der Waals surface area contributed by atoms with Crippen molar-refractivity contribution in [3.63, 3.8) is 0 Å². The van der Waals surface area contributed by atoms with Crippen LogP contribution in [0.1, 0.15) is 37.7 Å². The summed E-state index contributed by atoms with van der Waals surface area (Å²) in [7, 11) is 0. The molecule has 1 saturated heterocycles. The minimum absolute atomic E-state index is 0.256. The van der Waals surface area contributed by atoms with E-state index in [2.05, 4.69) is 47.5 Å². The molecule has 3 heteroatoms. The molecule has 2 N–H and O–H groups in total. The summed E-state index contributed by atoms with van der Waals surface area (Å²) in [6.45, 7) is 6.63. The molecule has 0 amide bonds. The van der Waals surface area contributed by atoms with Crippen molar-refractivity contribution in [3.05, 3.63) is 35.9 Å². The predicted octanol–water partition coefficient (Wildman–Crippen LogP) is 2.23. The Morgan fingerprint density at radius 2 is 2.10 bits per heavy atom. The normalized spacial score (nSPS) is 20.4. The number of nitrogens with zero attached hydrogens (tertiary/aromatic N) is 1. The summed E-state index contributed by atoms with van der Waals surface area (Å²) in [4.78, 5) is 2.41. The number of hydrogen-bond donors (Lipinski definition) is 2. The van der Waals surface area contributed by atoms with Gasteiger partial charge in [-0.15, -0.1) is 0 Å². The van der Waals surface area contributed by atoms with Crippen molar-refractivity contribution in [1.82, 2.24) is 10.2 Å². The molecular weight excluding hydrogens is 248 g/mol. The van der Waals surface area contributed by atoms with Gasteiger partial charge < -0.3 is 10.4 Å². The van der Waals surface area contributed by atoms with Crippen LogP contribution in [-0.4, -0.2) is 48.8 Å². The smallest absolute Gasteiger partial charge is 0.0558 e. The lowest BCUT2D eigenvalue weighted by Gasteiger charge is -2.26. The third kappa shape index (κ3) is 4.89. The van der Waals surface area contributed by atoms with Gasteiger partial charge in [0.1, 0.15) is 0 Å². The molecule has 1 aromatic carbocycles. The van der Waals surface area contributed by atoms with Crippen LogP contribution in [0.5, 0.6) is 0 Å². The Morgan fingerprint density at radius 1 is 1.30 bits per heavy atom. The summed E-state index contributed by atoms with van der Waals surface area (Å²) in [5.74, 6) is 0.578. The van der Waals surface area contributed by atoms with Gasteiger partial charge in [-0.2, -0.15) is 0 Å². The van der Waals surface area contributed by atoms with Crippen molar-refractivity contribution in [2.24, 2.45) is 0 Å². The monoisotopic (exact) mass is 276 g/mol. The van der Waals surface area contributed by atoms with Gasteiger partial charge in [-0.05, 0) is 43.8 Å². The Bertz CT molecular complexity index is 363. The topological polar surface area (TPSA) is 35.5 Å². The predicted molar refractivity (Wildman–Crippen MR) is 84.0 cm³/mol. The van der Waals surface area contributed by atoms with Crippen molar-refractivity contribution in [1.29, 1.82) is 0 Å². The number of nitrogens with one attached hydrogen (secondary N) is 1. The van der Waals surface area contributed by atoms with E-state index in [1.165, 1.54) is 18.4 Å². The van der Waals surface area contributed by atoms with Crippen LogP contribution in [0.3, 0.4) is 0 Å². The molecule has 1 aliphatic heterocycles. The SMILES string of the molecule is CC(CCN(CCO)CC1CCCN1)c1ccccc1. The van der Waals surface area contributed by atoms with E-state index in [0.717, 1.165) is 32.6 Å². The lowest BCUT2D eigenvalue weighted by Crippen LogP contribution is -2.39. The van der Waals surface area contributed by atoms with E-state index in [9.17, 15) is 5.11 Å². The van der Waals surface area contributed by atoms with E-state index in [1.807, 2.05) is 0 Å². The van der Waals surface area contributed by atoms with Gasteiger partial charge in [0.25, 0.3) is 0 Å². The number of rotatable bonds is 8. The minimum Gasteiger partial charge on any atom is -0.395 e. The first-order valence-electron chi connectivity index (χ1n) is 7.91. The van der Waals surface area contributed by atoms with Crippen LogP contribution in [0, 0.1) is 0 Å². The average Bonchev–Trinajstić information content (AvgIpc) is 2.98. The molecule has 0 bridgehead atoms. The molecule has 0 aliphatic carbocycles. The van der Waals surface area contributed by atoms with Crippen LogP contribution in [-0.2, 0) is 0 Å². The second-order valence-corrected chi connectivity index (χ2v) is 5.92. The number of hydrogen-bond acceptors (Lipinski definition) is 3. The van der Waals surface area contributed by atoms with Gasteiger partial charge in [0.05, 0.1) is 6.61 Å². The van der Waals surface area contributed by atoms with E-state index in [0.29, 0.717) is 12.0 Å². The fourth-order valence-corrected chi connectivity index (χ4v) is 2.98. The molecule has 0 spiro atoms. The third-order valence-corrected chi connectivity index (χ3v) is 4.30. The molecule has 0 aromatic heterocycles. The van der Waals surface area contributed by atoms with Gasteiger partial charge in [0.15, 0.2) is 0 Å². The Morgan fingerprint density at radius 3 is 2.75 bits per heavy atom. The van der Waals surface area contributed by atoms with Crippen molar-refractivity contribution >= 4 is 0 Å². The molecule has 112 valence electrons. The summed E-state index contributed by atoms with van der Waals surface area (Å²) in [5, 5.41) is 12.8. The highest BCUT2D eigenvalue weighted by Gasteiger charge is 2.18. The van der Waals surface area contributed by atoms with Crippen molar-refractivity contribution in [3.8, 4) is 0 Å². The molecule has 3 nitrogen and oxygen atoms in total. The van der Waals surface area contributed by atoms with E-state index in [1.54, 1.807) is 0 Å². The van der Waals surface area contributed by atoms with Gasteiger partial charge in [-0.25, -0.2) is 0 Å². The summed E-state index contributed by atoms with van der Waals surface area (Å²) in [5.41, 5.74) is 1.41. The van der Waals surface area contributed by atoms with E-state index >= 15 is 0 Å². The van der Waals surface area contributed by atoms with E-state index < -0.39 is 0 Å². The molecule has 0 saturated carbocycles. The van der Waals surface area contributed by atoms with Crippen molar-refractivity contribution in [2.75, 3.05) is 32.8 Å². The largest absolute Gasteiger partial charge is 0.395 e. The summed E-state index contributed by atoms with van der Waals surface area (Å²) in [6.07, 6.45) is 3.71. The van der Waals surface area contributed by atoms with Gasteiger partial charge in [-0.1, -0.05) is 37.3 Å². The lowest BCUT2D eigenvalue weighted by molar-refractivity contribution is 0.181. The molecule has 20 heavy (non-hydrogen) atoms. The average molecular weight is 276 g/mol. The zero-order valence-electron chi connectivity index (χ0n) is 12.6. The summed E-state index contributed by atoms with van der Waals surface area (Å²) >= 11 is 0. The van der Waals surface area contributed by atoms with Crippen LogP contribution in [0.15, 0.2) is 30.3 Å². The first-order chi connectivity index (χ1) is 9.79. The second kappa shape index (κ2) is 8.40. The van der Waals surface area contributed by atoms with E-state index in [-0.39, 0.29) is 6.61 Å². The number of aliphatic hydroxyl groups excluding tert-OH is 1. The summed E-state index contributed by atoms with van der Waals surface area (Å²) < 4.78 is 0. The maximum Gasteiger partial charge on any atom is 0.0558 e. The molecule has 2 atom stereocenters. The molecule has 2 rings (SSSR count). The Balaban J connectivity index is 1.78. The molecule has 1 aliphatic rings. The van der Waals surface area contributed by atoms with Crippen molar-refractivity contribution in [2.45, 2.75) is 38.1 Å². The first kappa shape index (κ1) is 15.5. The van der Waals surface area contributed by atoms with Crippen LogP contribution in [0.25, 0.3) is 0 Å². The van der Waals surface area contributed by atoms with Crippen LogP contribution in [0.2, 0.25) is 0 Å². The van der Waals surface area contributed by atoms with Crippen molar-refractivity contribution < 1.29 is 5.11 Å². The van der Waals surface area contributed by atoms with Gasteiger partial charge in [0, 0.05) is 19.1 Å². The second-order valence-electron chi connectivity index (χ2n) is 5.92. The van der Waals surface area contributed by atoms with Crippen LogP contribution < -0.4 is 5.32 Å². The Labute approximate surface area is 123 Å². The standard InChI is InChI=1S/C17H28N2O/c1-15(16-6-3-2-4-7-16)9-11-19(12-13-20)14-17-8-5-10-18-17/h2-4,6-7,15,17-18,20H,5,8-14H2,1H3. The lowest BCUT2D eigenvalue weighted by atomic mass is 9.97. The molecule has 0 radical (unpaired) electrons. The Kier molecular flexibility index (Phi) is 6.51. The van der Waals surface area contributed by atoms with E-state index in [4.69, 9.17) is 0 Å². The zero-order chi connectivity index (χ0) is 14.2. The highest BCUT2D eigenvalue weighted by Crippen LogP contribution is 2.19. The highest BCUT2D eigenvalue weighted by molar-refractivity contribution is 5.18. The summed E-state index contributed by atoms with van der Waals surface area (Å²) in [6, 6.07) is 11.3. The number of aliphatic hydroxyl groups is 1. The fourth-order valence-electron chi connectivity index (χ4n) is 2.98.